The predicted molar refractivity (Wildman–Crippen MR) is 96.6 cm³/mol. The molecule has 0 aliphatic carbocycles. The van der Waals surface area contributed by atoms with Crippen LogP contribution in [0.15, 0.2) is 0 Å². The van der Waals surface area contributed by atoms with Gasteiger partial charge in [0.25, 0.3) is 0 Å². The molecule has 0 bridgehead atoms. The zero-order valence-electron chi connectivity index (χ0n) is 16.4. The Morgan fingerprint density at radius 1 is 1.22 bits per heavy atom. The number of carbonyl (C=O) groups is 2. The van der Waals surface area contributed by atoms with E-state index in [0.29, 0.717) is 5.92 Å². The Morgan fingerprint density at radius 2 is 1.61 bits per heavy atom. The summed E-state index contributed by atoms with van der Waals surface area (Å²) in [6, 6.07) is -0.691. The summed E-state index contributed by atoms with van der Waals surface area (Å²) in [5, 5.41) is 8.78. The van der Waals surface area contributed by atoms with Crippen LogP contribution in [0.5, 0.6) is 0 Å². The molecule has 0 aromatic rings. The van der Waals surface area contributed by atoms with Gasteiger partial charge in [0.05, 0.1) is 5.60 Å². The topological polar surface area (TPSA) is 89.6 Å². The fourth-order valence-electron chi connectivity index (χ4n) is 1.54. The minimum atomic E-state index is -0.874. The Hall–Kier alpha value is -0.940. The predicted octanol–water partition coefficient (Wildman–Crippen LogP) is 3.89. The summed E-state index contributed by atoms with van der Waals surface area (Å²) < 4.78 is 4.94. The van der Waals surface area contributed by atoms with Crippen molar-refractivity contribution in [1.29, 1.82) is 0 Å². The molecule has 140 valence electrons. The molecule has 0 spiro atoms. The van der Waals surface area contributed by atoms with E-state index in [1.807, 2.05) is 27.7 Å². The van der Waals surface area contributed by atoms with Crippen molar-refractivity contribution >= 4 is 12.3 Å². The summed E-state index contributed by atoms with van der Waals surface area (Å²) in [6.45, 7) is 13.9. The maximum Gasteiger partial charge on any atom is 0.320 e. The van der Waals surface area contributed by atoms with Crippen LogP contribution in [0.3, 0.4) is 0 Å². The van der Waals surface area contributed by atoms with Crippen LogP contribution in [-0.4, -0.2) is 36.1 Å². The fraction of sp³-hybridized carbons (Fsp3) is 0.889. The van der Waals surface area contributed by atoms with Crippen molar-refractivity contribution < 1.29 is 19.4 Å². The minimum absolute atomic E-state index is 0.0417. The third-order valence-corrected chi connectivity index (χ3v) is 3.66. The Kier molecular flexibility index (Phi) is 18.7. The molecule has 0 radical (unpaired) electrons. The first-order valence-corrected chi connectivity index (χ1v) is 8.43. The van der Waals surface area contributed by atoms with E-state index >= 15 is 0 Å². The van der Waals surface area contributed by atoms with Crippen molar-refractivity contribution in [2.24, 2.45) is 17.6 Å². The summed E-state index contributed by atoms with van der Waals surface area (Å²) in [4.78, 5) is 19.5. The fourth-order valence-corrected chi connectivity index (χ4v) is 1.54. The normalized spacial score (nSPS) is 14.3. The number of hydrogen-bond donors (Lipinski definition) is 2. The molecule has 5 nitrogen and oxygen atoms in total. The second-order valence-corrected chi connectivity index (χ2v) is 6.68. The molecule has 0 aromatic carbocycles. The molecular formula is C18H39NO4. The maximum atomic E-state index is 10.7. The number of nitrogens with two attached hydrogens (primary N) is 1. The highest BCUT2D eigenvalue weighted by Crippen LogP contribution is 2.19. The molecule has 5 heteroatoms. The second kappa shape index (κ2) is 15.9. The molecule has 3 N–H and O–H groups in total. The van der Waals surface area contributed by atoms with Gasteiger partial charge in [0.2, 0.25) is 0 Å². The van der Waals surface area contributed by atoms with Gasteiger partial charge in [0.15, 0.2) is 0 Å². The second-order valence-electron chi connectivity index (χ2n) is 6.68. The molecule has 0 saturated carbocycles. The van der Waals surface area contributed by atoms with E-state index in [-0.39, 0.29) is 11.5 Å². The lowest BCUT2D eigenvalue weighted by atomic mass is 9.89. The molecule has 0 aromatic heterocycles. The van der Waals surface area contributed by atoms with E-state index in [1.54, 1.807) is 7.11 Å². The third kappa shape index (κ3) is 21.1. The summed E-state index contributed by atoms with van der Waals surface area (Å²) in [5.41, 5.74) is 5.64. The van der Waals surface area contributed by atoms with Crippen molar-refractivity contribution in [2.45, 2.75) is 85.8 Å². The first-order valence-electron chi connectivity index (χ1n) is 8.43. The van der Waals surface area contributed by atoms with Crippen LogP contribution >= 0.6 is 0 Å². The number of ether oxygens (including phenoxy) is 1. The number of rotatable bonds is 7. The van der Waals surface area contributed by atoms with Gasteiger partial charge < -0.3 is 20.4 Å². The Labute approximate surface area is 143 Å². The molecule has 0 amide bonds. The number of carbonyl (C=O) groups excluding carboxylic acids is 1. The Morgan fingerprint density at radius 3 is 1.83 bits per heavy atom. The lowest BCUT2D eigenvalue weighted by molar-refractivity contribution is -0.140. The van der Waals surface area contributed by atoms with Crippen LogP contribution in [-0.2, 0) is 14.3 Å². The van der Waals surface area contributed by atoms with Crippen molar-refractivity contribution in [3.05, 3.63) is 0 Å². The van der Waals surface area contributed by atoms with Crippen molar-refractivity contribution in [3.8, 4) is 0 Å². The molecular weight excluding hydrogens is 294 g/mol. The standard InChI is InChI=1S/C11H23NO2.C5H12O.C2H4O/c1-4-8(3)6-7-9(5-2)10(12)11(13)14;1-5(2,3)6-4;1-2-3/h8-10H,4-7,12H2,1-3H3,(H,13,14);1-4H3;2H,1H3. The van der Waals surface area contributed by atoms with Crippen LogP contribution in [0.25, 0.3) is 0 Å². The number of hydrogen-bond acceptors (Lipinski definition) is 4. The van der Waals surface area contributed by atoms with Crippen LogP contribution in [0.1, 0.15) is 74.1 Å². The Bertz CT molecular complexity index is 287. The number of carboxylic acids is 1. The largest absolute Gasteiger partial charge is 0.480 e. The highest BCUT2D eigenvalue weighted by atomic mass is 16.5. The minimum Gasteiger partial charge on any atom is -0.480 e. The molecule has 0 rings (SSSR count). The van der Waals surface area contributed by atoms with Crippen LogP contribution < -0.4 is 5.73 Å². The summed E-state index contributed by atoms with van der Waals surface area (Å²) >= 11 is 0. The van der Waals surface area contributed by atoms with Gasteiger partial charge in [-0.1, -0.05) is 40.0 Å². The summed E-state index contributed by atoms with van der Waals surface area (Å²) in [5.74, 6) is -0.0763. The van der Waals surface area contributed by atoms with E-state index in [4.69, 9.17) is 20.4 Å². The molecule has 23 heavy (non-hydrogen) atoms. The van der Waals surface area contributed by atoms with Crippen LogP contribution in [0, 0.1) is 11.8 Å². The van der Waals surface area contributed by atoms with Crippen molar-refractivity contribution in [2.75, 3.05) is 7.11 Å². The number of aliphatic carboxylic acids is 1. The van der Waals surface area contributed by atoms with Gasteiger partial charge in [0, 0.05) is 7.11 Å². The van der Waals surface area contributed by atoms with Gasteiger partial charge in [-0.05, 0) is 46.0 Å². The van der Waals surface area contributed by atoms with Crippen molar-refractivity contribution in [1.82, 2.24) is 0 Å². The lowest BCUT2D eigenvalue weighted by Gasteiger charge is -2.20. The zero-order chi connectivity index (χ0) is 19.1. The molecule has 3 atom stereocenters. The quantitative estimate of drug-likeness (QED) is 0.690. The number of carboxylic acid groups (broad SMARTS) is 1. The van der Waals surface area contributed by atoms with Gasteiger partial charge in [-0.25, -0.2) is 0 Å². The molecule has 0 fully saturated rings. The summed E-state index contributed by atoms with van der Waals surface area (Å²) in [6.07, 6.45) is 4.76. The van der Waals surface area contributed by atoms with E-state index in [1.165, 1.54) is 6.92 Å². The highest BCUT2D eigenvalue weighted by molar-refractivity contribution is 5.73. The first-order chi connectivity index (χ1) is 10.5. The van der Waals surface area contributed by atoms with Crippen LogP contribution in [0.4, 0.5) is 0 Å². The van der Waals surface area contributed by atoms with Gasteiger partial charge in [0.1, 0.15) is 12.3 Å². The first kappa shape index (κ1) is 26.9. The third-order valence-electron chi connectivity index (χ3n) is 3.66. The number of methoxy groups -OCH3 is 1. The van der Waals surface area contributed by atoms with Gasteiger partial charge in [-0.3, -0.25) is 4.79 Å². The zero-order valence-corrected chi connectivity index (χ0v) is 16.4. The summed E-state index contributed by atoms with van der Waals surface area (Å²) in [7, 11) is 1.71. The van der Waals surface area contributed by atoms with Gasteiger partial charge in [-0.15, -0.1) is 0 Å². The lowest BCUT2D eigenvalue weighted by Crippen LogP contribution is -2.37. The van der Waals surface area contributed by atoms with Crippen LogP contribution in [0.2, 0.25) is 0 Å². The number of aldehydes is 1. The van der Waals surface area contributed by atoms with E-state index in [9.17, 15) is 4.79 Å². The molecule has 3 unspecified atom stereocenters. The maximum absolute atomic E-state index is 10.7. The molecule has 0 saturated heterocycles. The molecule has 0 aliphatic heterocycles. The van der Waals surface area contributed by atoms with E-state index in [0.717, 1.165) is 32.0 Å². The monoisotopic (exact) mass is 333 g/mol. The Balaban J connectivity index is -0.000000368. The van der Waals surface area contributed by atoms with Gasteiger partial charge in [-0.2, -0.15) is 0 Å². The smallest absolute Gasteiger partial charge is 0.320 e. The highest BCUT2D eigenvalue weighted by Gasteiger charge is 2.22. The molecule has 0 heterocycles. The van der Waals surface area contributed by atoms with E-state index in [2.05, 4.69) is 13.8 Å². The molecule has 0 aliphatic rings. The van der Waals surface area contributed by atoms with E-state index < -0.39 is 12.0 Å². The van der Waals surface area contributed by atoms with Crippen molar-refractivity contribution in [3.63, 3.8) is 0 Å². The average Bonchev–Trinajstić information content (AvgIpc) is 2.47. The average molecular weight is 334 g/mol. The SMILES string of the molecule is CC=O.CCC(C)CCC(CC)C(N)C(=O)O.COC(C)(C)C. The van der Waals surface area contributed by atoms with Gasteiger partial charge >= 0.3 is 5.97 Å².